The van der Waals surface area contributed by atoms with E-state index in [9.17, 15) is 4.79 Å². The van der Waals surface area contributed by atoms with E-state index in [1.54, 1.807) is 0 Å². The van der Waals surface area contributed by atoms with Gasteiger partial charge in [-0.1, -0.05) is 30.3 Å². The van der Waals surface area contributed by atoms with Crippen LogP contribution >= 0.6 is 24.8 Å². The number of methoxy groups -OCH3 is 1. The number of rotatable bonds is 3. The molecule has 2 N–H and O–H groups in total. The molecule has 0 aliphatic carbocycles. The predicted octanol–water partition coefficient (Wildman–Crippen LogP) is 2.00. The lowest BCUT2D eigenvalue weighted by molar-refractivity contribution is -0.149. The first kappa shape index (κ1) is 19.2. The third kappa shape index (κ3) is 4.63. The van der Waals surface area contributed by atoms with Gasteiger partial charge in [-0.05, 0) is 18.4 Å². The van der Waals surface area contributed by atoms with Crippen LogP contribution in [0.4, 0.5) is 0 Å². The Morgan fingerprint density at radius 3 is 2.30 bits per heavy atom. The molecule has 0 saturated carbocycles. The number of hydrogen-bond acceptors (Lipinski definition) is 4. The number of nitrogens with zero attached hydrogens (tertiary/aromatic N) is 1. The molecule has 20 heavy (non-hydrogen) atoms. The van der Waals surface area contributed by atoms with Crippen molar-refractivity contribution in [3.63, 3.8) is 0 Å². The van der Waals surface area contributed by atoms with Crippen LogP contribution in [0.5, 0.6) is 0 Å². The minimum absolute atomic E-state index is 0. The van der Waals surface area contributed by atoms with Crippen molar-refractivity contribution in [3.05, 3.63) is 35.9 Å². The summed E-state index contributed by atoms with van der Waals surface area (Å²) < 4.78 is 4.76. The van der Waals surface area contributed by atoms with Crippen LogP contribution in [-0.2, 0) is 16.1 Å². The predicted molar refractivity (Wildman–Crippen MR) is 84.4 cm³/mol. The van der Waals surface area contributed by atoms with Crippen LogP contribution in [0.2, 0.25) is 0 Å². The second-order valence-electron chi connectivity index (χ2n) is 4.91. The standard InChI is InChI=1S/C14H20N2O2.2ClH/c1-18-13(17)14(15)7-9-16(10-8-14)11-12-5-3-2-4-6-12;;/h2-6H,7-11,15H2,1H3;2*1H. The number of likely N-dealkylation sites (tertiary alicyclic amines) is 1. The maximum atomic E-state index is 11.6. The number of carbonyl (C=O) groups is 1. The molecule has 1 saturated heterocycles. The number of ether oxygens (including phenoxy) is 1. The molecule has 1 aliphatic heterocycles. The average molecular weight is 321 g/mol. The van der Waals surface area contributed by atoms with Crippen molar-refractivity contribution in [1.29, 1.82) is 0 Å². The molecular weight excluding hydrogens is 299 g/mol. The minimum atomic E-state index is -0.790. The van der Waals surface area contributed by atoms with Gasteiger partial charge >= 0.3 is 5.97 Å². The van der Waals surface area contributed by atoms with Crippen molar-refractivity contribution >= 4 is 30.8 Å². The van der Waals surface area contributed by atoms with Gasteiger partial charge in [-0.25, -0.2) is 0 Å². The normalized spacial score (nSPS) is 17.5. The zero-order valence-corrected chi connectivity index (χ0v) is 13.2. The number of piperidine rings is 1. The lowest BCUT2D eigenvalue weighted by atomic mass is 9.88. The molecule has 6 heteroatoms. The van der Waals surface area contributed by atoms with Gasteiger partial charge in [0.15, 0.2) is 0 Å². The summed E-state index contributed by atoms with van der Waals surface area (Å²) in [4.78, 5) is 13.9. The van der Waals surface area contributed by atoms with Crippen molar-refractivity contribution in [2.24, 2.45) is 5.73 Å². The Kier molecular flexibility index (Phi) is 8.13. The maximum absolute atomic E-state index is 11.6. The van der Waals surface area contributed by atoms with E-state index in [0.29, 0.717) is 12.8 Å². The fourth-order valence-corrected chi connectivity index (χ4v) is 2.36. The van der Waals surface area contributed by atoms with Gasteiger partial charge in [0.2, 0.25) is 0 Å². The van der Waals surface area contributed by atoms with E-state index in [1.165, 1.54) is 12.7 Å². The molecule has 2 rings (SSSR count). The van der Waals surface area contributed by atoms with Gasteiger partial charge in [0, 0.05) is 19.6 Å². The van der Waals surface area contributed by atoms with Gasteiger partial charge < -0.3 is 10.5 Å². The van der Waals surface area contributed by atoms with Gasteiger partial charge in [-0.2, -0.15) is 0 Å². The monoisotopic (exact) mass is 320 g/mol. The van der Waals surface area contributed by atoms with Crippen LogP contribution in [0.15, 0.2) is 30.3 Å². The van der Waals surface area contributed by atoms with Crippen LogP contribution in [0.25, 0.3) is 0 Å². The van der Waals surface area contributed by atoms with Gasteiger partial charge in [-0.15, -0.1) is 24.8 Å². The van der Waals surface area contributed by atoms with Gasteiger partial charge in [-0.3, -0.25) is 9.69 Å². The molecule has 0 atom stereocenters. The summed E-state index contributed by atoms with van der Waals surface area (Å²) in [6, 6.07) is 10.3. The van der Waals surface area contributed by atoms with E-state index in [2.05, 4.69) is 17.0 Å². The highest BCUT2D eigenvalue weighted by atomic mass is 35.5. The fraction of sp³-hybridized carbons (Fsp3) is 0.500. The number of nitrogens with two attached hydrogens (primary N) is 1. The molecular formula is C14H22Cl2N2O2. The Labute approximate surface area is 132 Å². The first-order chi connectivity index (χ1) is 8.64. The van der Waals surface area contributed by atoms with Crippen LogP contribution in [0.3, 0.4) is 0 Å². The number of hydrogen-bond donors (Lipinski definition) is 1. The number of benzene rings is 1. The smallest absolute Gasteiger partial charge is 0.325 e. The highest BCUT2D eigenvalue weighted by molar-refractivity contribution is 5.85. The Hall–Kier alpha value is -0.810. The van der Waals surface area contributed by atoms with Crippen molar-refractivity contribution in [2.75, 3.05) is 20.2 Å². The van der Waals surface area contributed by atoms with Crippen LogP contribution in [0, 0.1) is 0 Å². The topological polar surface area (TPSA) is 55.6 Å². The lowest BCUT2D eigenvalue weighted by Crippen LogP contribution is -2.55. The fourth-order valence-electron chi connectivity index (χ4n) is 2.36. The second-order valence-corrected chi connectivity index (χ2v) is 4.91. The van der Waals surface area contributed by atoms with Crippen molar-refractivity contribution in [2.45, 2.75) is 24.9 Å². The first-order valence-electron chi connectivity index (χ1n) is 6.28. The van der Waals surface area contributed by atoms with E-state index in [1.807, 2.05) is 18.2 Å². The lowest BCUT2D eigenvalue weighted by Gasteiger charge is -2.37. The Balaban J connectivity index is 0.00000180. The summed E-state index contributed by atoms with van der Waals surface area (Å²) >= 11 is 0. The third-order valence-electron chi connectivity index (χ3n) is 3.59. The summed E-state index contributed by atoms with van der Waals surface area (Å²) in [6.07, 6.45) is 1.32. The Morgan fingerprint density at radius 1 is 1.25 bits per heavy atom. The molecule has 1 heterocycles. The van der Waals surface area contributed by atoms with Crippen molar-refractivity contribution in [3.8, 4) is 0 Å². The van der Waals surface area contributed by atoms with Crippen LogP contribution < -0.4 is 5.73 Å². The molecule has 0 unspecified atom stereocenters. The molecule has 1 fully saturated rings. The Bertz CT molecular complexity index is 407. The van der Waals surface area contributed by atoms with Gasteiger partial charge in [0.05, 0.1) is 7.11 Å². The summed E-state index contributed by atoms with van der Waals surface area (Å²) in [7, 11) is 1.40. The van der Waals surface area contributed by atoms with Crippen LogP contribution in [0.1, 0.15) is 18.4 Å². The molecule has 1 aliphatic rings. The first-order valence-corrected chi connectivity index (χ1v) is 6.28. The molecule has 0 radical (unpaired) electrons. The number of carbonyl (C=O) groups excluding carboxylic acids is 1. The largest absolute Gasteiger partial charge is 0.468 e. The summed E-state index contributed by atoms with van der Waals surface area (Å²) in [5.74, 6) is -0.290. The average Bonchev–Trinajstić information content (AvgIpc) is 2.42. The summed E-state index contributed by atoms with van der Waals surface area (Å²) in [6.45, 7) is 2.58. The molecule has 0 bridgehead atoms. The quantitative estimate of drug-likeness (QED) is 0.865. The molecule has 0 spiro atoms. The number of halogens is 2. The maximum Gasteiger partial charge on any atom is 0.325 e. The summed E-state index contributed by atoms with van der Waals surface area (Å²) in [5, 5.41) is 0. The highest BCUT2D eigenvalue weighted by Crippen LogP contribution is 2.22. The van der Waals surface area contributed by atoms with E-state index < -0.39 is 5.54 Å². The highest BCUT2D eigenvalue weighted by Gasteiger charge is 2.38. The van der Waals surface area contributed by atoms with E-state index in [4.69, 9.17) is 10.5 Å². The zero-order chi connectivity index (χ0) is 13.0. The van der Waals surface area contributed by atoms with Crippen molar-refractivity contribution < 1.29 is 9.53 Å². The van der Waals surface area contributed by atoms with E-state index in [0.717, 1.165) is 19.6 Å². The Morgan fingerprint density at radius 2 is 1.80 bits per heavy atom. The summed E-state index contributed by atoms with van der Waals surface area (Å²) in [5.41, 5.74) is 6.57. The van der Waals surface area contributed by atoms with Gasteiger partial charge in [0.25, 0.3) is 0 Å². The molecule has 114 valence electrons. The van der Waals surface area contributed by atoms with Gasteiger partial charge in [0.1, 0.15) is 5.54 Å². The van der Waals surface area contributed by atoms with E-state index in [-0.39, 0.29) is 30.8 Å². The minimum Gasteiger partial charge on any atom is -0.468 e. The van der Waals surface area contributed by atoms with E-state index >= 15 is 0 Å². The molecule has 0 amide bonds. The molecule has 1 aromatic carbocycles. The SMILES string of the molecule is COC(=O)C1(N)CCN(Cc2ccccc2)CC1.Cl.Cl. The third-order valence-corrected chi connectivity index (χ3v) is 3.59. The molecule has 1 aromatic rings. The van der Waals surface area contributed by atoms with Crippen molar-refractivity contribution in [1.82, 2.24) is 4.90 Å². The zero-order valence-electron chi connectivity index (χ0n) is 11.6. The van der Waals surface area contributed by atoms with Crippen LogP contribution in [-0.4, -0.2) is 36.6 Å². The molecule has 0 aromatic heterocycles. The number of esters is 1. The molecule has 4 nitrogen and oxygen atoms in total. The second kappa shape index (κ2) is 8.47.